The number of benzene rings is 1. The second-order valence-corrected chi connectivity index (χ2v) is 5.58. The molecule has 1 aliphatic rings. The Morgan fingerprint density at radius 2 is 2.14 bits per heavy atom. The van der Waals surface area contributed by atoms with Gasteiger partial charge in [-0.05, 0) is 31.0 Å². The molecule has 0 aliphatic carbocycles. The minimum Gasteiger partial charge on any atom is -0.325 e. The Labute approximate surface area is 126 Å². The van der Waals surface area contributed by atoms with E-state index in [0.29, 0.717) is 0 Å². The molecule has 1 heterocycles. The number of nitrogens with one attached hydrogen (secondary N) is 2. The van der Waals surface area contributed by atoms with Crippen LogP contribution in [0.4, 0.5) is 5.69 Å². The summed E-state index contributed by atoms with van der Waals surface area (Å²) in [6, 6.07) is 5.67. The third kappa shape index (κ3) is 4.16. The molecule has 0 spiro atoms. The van der Waals surface area contributed by atoms with Gasteiger partial charge in [-0.15, -0.1) is 0 Å². The van der Waals surface area contributed by atoms with E-state index in [1.54, 1.807) is 0 Å². The van der Waals surface area contributed by atoms with Gasteiger partial charge in [0, 0.05) is 5.69 Å². The van der Waals surface area contributed by atoms with Crippen molar-refractivity contribution in [3.05, 3.63) is 29.3 Å². The summed E-state index contributed by atoms with van der Waals surface area (Å²) in [5.74, 6) is -1.04. The first-order valence-corrected chi connectivity index (χ1v) is 7.34. The molecule has 0 radical (unpaired) electrons. The monoisotopic (exact) mass is 305 g/mol. The Morgan fingerprint density at radius 3 is 2.86 bits per heavy atom. The summed E-state index contributed by atoms with van der Waals surface area (Å²) in [5, 5.41) is 5.43. The molecule has 0 atom stereocenters. The number of carbonyl (C=O) groups excluding carboxylic acids is 3. The molecule has 0 bridgehead atoms. The van der Waals surface area contributed by atoms with E-state index in [0.717, 1.165) is 28.6 Å². The topological polar surface area (TPSA) is 87.6 Å². The van der Waals surface area contributed by atoms with Crippen LogP contribution in [0.25, 0.3) is 0 Å². The van der Waals surface area contributed by atoms with Crippen LogP contribution in [0.2, 0.25) is 0 Å². The fourth-order valence-electron chi connectivity index (χ4n) is 1.76. The summed E-state index contributed by atoms with van der Waals surface area (Å²) >= 11 is 1.03. The predicted octanol–water partition coefficient (Wildman–Crippen LogP) is 1.38. The van der Waals surface area contributed by atoms with Crippen molar-refractivity contribution in [1.29, 1.82) is 0 Å². The van der Waals surface area contributed by atoms with E-state index in [1.807, 2.05) is 32.0 Å². The van der Waals surface area contributed by atoms with Gasteiger partial charge in [0.1, 0.15) is 6.42 Å². The Kier molecular flexibility index (Phi) is 4.74. The summed E-state index contributed by atoms with van der Waals surface area (Å²) in [6.07, 6.45) is -0.237. The van der Waals surface area contributed by atoms with Gasteiger partial charge >= 0.3 is 0 Å². The molecule has 1 aromatic rings. The minimum atomic E-state index is -0.490. The van der Waals surface area contributed by atoms with Crippen molar-refractivity contribution >= 4 is 40.3 Å². The molecule has 0 aromatic heterocycles. The van der Waals surface area contributed by atoms with E-state index in [-0.39, 0.29) is 23.2 Å². The number of aryl methyl sites for hydroxylation is 1. The lowest BCUT2D eigenvalue weighted by Crippen LogP contribution is -2.35. The van der Waals surface area contributed by atoms with Crippen LogP contribution in [0.1, 0.15) is 17.5 Å². The zero-order valence-corrected chi connectivity index (χ0v) is 12.5. The number of hydrogen-bond donors (Lipinski definition) is 2. The summed E-state index contributed by atoms with van der Waals surface area (Å²) in [7, 11) is 0. The van der Waals surface area contributed by atoms with Gasteiger partial charge in [0.2, 0.25) is 11.8 Å². The van der Waals surface area contributed by atoms with Gasteiger partial charge in [0.05, 0.1) is 5.75 Å². The first kappa shape index (κ1) is 15.2. The summed E-state index contributed by atoms with van der Waals surface area (Å²) in [6.45, 7) is 3.90. The van der Waals surface area contributed by atoms with Gasteiger partial charge in [-0.1, -0.05) is 23.9 Å². The Bertz CT molecular complexity index is 640. The quantitative estimate of drug-likeness (QED) is 0.826. The number of hydrogen-bond acceptors (Lipinski definition) is 4. The molecule has 0 saturated carbocycles. The van der Waals surface area contributed by atoms with Gasteiger partial charge in [-0.25, -0.2) is 0 Å². The van der Waals surface area contributed by atoms with Crippen LogP contribution < -0.4 is 10.6 Å². The van der Waals surface area contributed by atoms with E-state index in [9.17, 15) is 14.4 Å². The maximum atomic E-state index is 11.9. The van der Waals surface area contributed by atoms with Gasteiger partial charge in [-0.3, -0.25) is 14.4 Å². The molecule has 1 aromatic carbocycles. The van der Waals surface area contributed by atoms with Gasteiger partial charge in [0.15, 0.2) is 5.17 Å². The zero-order chi connectivity index (χ0) is 15.4. The van der Waals surface area contributed by atoms with Crippen molar-refractivity contribution in [2.24, 2.45) is 4.99 Å². The van der Waals surface area contributed by atoms with E-state index < -0.39 is 11.8 Å². The molecule has 0 fully saturated rings. The van der Waals surface area contributed by atoms with Crippen molar-refractivity contribution in [1.82, 2.24) is 5.32 Å². The molecule has 21 heavy (non-hydrogen) atoms. The van der Waals surface area contributed by atoms with Crippen molar-refractivity contribution in [2.75, 3.05) is 11.1 Å². The lowest BCUT2D eigenvalue weighted by Gasteiger charge is -2.12. The zero-order valence-electron chi connectivity index (χ0n) is 11.7. The highest BCUT2D eigenvalue weighted by molar-refractivity contribution is 8.14. The molecule has 3 amide bonds. The van der Waals surface area contributed by atoms with Crippen LogP contribution in [0.15, 0.2) is 23.2 Å². The normalized spacial score (nSPS) is 14.5. The average molecular weight is 305 g/mol. The van der Waals surface area contributed by atoms with Crippen molar-refractivity contribution < 1.29 is 14.4 Å². The number of anilines is 1. The number of rotatable bonds is 3. The third-order valence-corrected chi connectivity index (χ3v) is 3.88. The van der Waals surface area contributed by atoms with E-state index in [4.69, 9.17) is 0 Å². The van der Waals surface area contributed by atoms with Crippen LogP contribution in [-0.2, 0) is 14.4 Å². The Hall–Kier alpha value is -2.15. The Balaban J connectivity index is 1.92. The smallest absolute Gasteiger partial charge is 0.257 e. The molecular weight excluding hydrogens is 290 g/mol. The SMILES string of the molecule is Cc1cccc(NC(=O)CSC2=NC(=O)CC(=O)N2)c1C. The van der Waals surface area contributed by atoms with Crippen molar-refractivity contribution in [2.45, 2.75) is 20.3 Å². The summed E-state index contributed by atoms with van der Waals surface area (Å²) in [5.41, 5.74) is 2.86. The lowest BCUT2D eigenvalue weighted by atomic mass is 10.1. The molecule has 7 heteroatoms. The molecule has 110 valence electrons. The summed E-state index contributed by atoms with van der Waals surface area (Å²) in [4.78, 5) is 37.9. The number of aliphatic imine (C=N–C) groups is 1. The van der Waals surface area contributed by atoms with Crippen LogP contribution in [0.3, 0.4) is 0 Å². The number of thioether (sulfide) groups is 1. The lowest BCUT2D eigenvalue weighted by molar-refractivity contribution is -0.127. The van der Waals surface area contributed by atoms with Crippen molar-refractivity contribution in [3.8, 4) is 0 Å². The first-order valence-electron chi connectivity index (χ1n) is 6.36. The minimum absolute atomic E-state index is 0.0692. The number of nitrogens with zero attached hydrogens (tertiary/aromatic N) is 1. The number of amides is 3. The highest BCUT2D eigenvalue weighted by Gasteiger charge is 2.19. The number of amidine groups is 1. The van der Waals surface area contributed by atoms with Crippen LogP contribution in [0.5, 0.6) is 0 Å². The van der Waals surface area contributed by atoms with Crippen LogP contribution in [-0.4, -0.2) is 28.6 Å². The molecule has 6 nitrogen and oxygen atoms in total. The molecule has 0 saturated heterocycles. The van der Waals surface area contributed by atoms with Crippen molar-refractivity contribution in [3.63, 3.8) is 0 Å². The number of carbonyl (C=O) groups is 3. The molecule has 2 rings (SSSR count). The second kappa shape index (κ2) is 6.53. The highest BCUT2D eigenvalue weighted by Crippen LogP contribution is 2.18. The van der Waals surface area contributed by atoms with Gasteiger partial charge < -0.3 is 10.6 Å². The molecule has 0 unspecified atom stereocenters. The molecule has 1 aliphatic heterocycles. The first-order chi connectivity index (χ1) is 9.95. The van der Waals surface area contributed by atoms with Gasteiger partial charge in [0.25, 0.3) is 5.91 Å². The van der Waals surface area contributed by atoms with Crippen LogP contribution >= 0.6 is 11.8 Å². The highest BCUT2D eigenvalue weighted by atomic mass is 32.2. The summed E-state index contributed by atoms with van der Waals surface area (Å²) < 4.78 is 0. The third-order valence-electron chi connectivity index (χ3n) is 3.00. The van der Waals surface area contributed by atoms with E-state index >= 15 is 0 Å². The van der Waals surface area contributed by atoms with E-state index in [2.05, 4.69) is 15.6 Å². The van der Waals surface area contributed by atoms with E-state index in [1.165, 1.54) is 0 Å². The maximum absolute atomic E-state index is 11.9. The Morgan fingerprint density at radius 1 is 1.38 bits per heavy atom. The second-order valence-electron chi connectivity index (χ2n) is 4.62. The fraction of sp³-hybridized carbons (Fsp3) is 0.286. The molecular formula is C14H15N3O3S. The maximum Gasteiger partial charge on any atom is 0.257 e. The van der Waals surface area contributed by atoms with Crippen LogP contribution in [0, 0.1) is 13.8 Å². The predicted molar refractivity (Wildman–Crippen MR) is 82.2 cm³/mol. The average Bonchev–Trinajstić information content (AvgIpc) is 2.41. The fourth-order valence-corrected chi connectivity index (χ4v) is 2.45. The standard InChI is InChI=1S/C14H15N3O3S/c1-8-4-3-5-10(9(8)2)15-13(20)7-21-14-16-11(18)6-12(19)17-14/h3-5H,6-7H2,1-2H3,(H,15,20)(H,16,17,18,19). The van der Waals surface area contributed by atoms with Gasteiger partial charge in [-0.2, -0.15) is 4.99 Å². The molecule has 2 N–H and O–H groups in total. The largest absolute Gasteiger partial charge is 0.325 e.